The van der Waals surface area contributed by atoms with Crippen molar-refractivity contribution in [2.24, 2.45) is 0 Å². The lowest BCUT2D eigenvalue weighted by atomic mass is 10.2. The van der Waals surface area contributed by atoms with Crippen LogP contribution in [-0.4, -0.2) is 28.9 Å². The Bertz CT molecular complexity index is 1040. The summed E-state index contributed by atoms with van der Waals surface area (Å²) in [5.41, 5.74) is 0.476. The van der Waals surface area contributed by atoms with Gasteiger partial charge in [0, 0.05) is 19.9 Å². The number of aromatic nitrogens is 1. The van der Waals surface area contributed by atoms with E-state index >= 15 is 0 Å². The minimum absolute atomic E-state index is 0.00426. The number of ether oxygens (including phenoxy) is 4. The molecule has 0 atom stereocenters. The Morgan fingerprint density at radius 2 is 1.00 bits per heavy atom. The van der Waals surface area contributed by atoms with Gasteiger partial charge in [0.15, 0.2) is 0 Å². The lowest BCUT2D eigenvalue weighted by Crippen LogP contribution is -2.11. The van der Waals surface area contributed by atoms with Crippen molar-refractivity contribution in [3.8, 4) is 23.1 Å². The number of carbonyl (C=O) groups is 4. The van der Waals surface area contributed by atoms with E-state index < -0.39 is 23.9 Å². The monoisotopic (exact) mass is 435 g/mol. The van der Waals surface area contributed by atoms with Crippen molar-refractivity contribution in [2.75, 3.05) is 0 Å². The third-order valence-electron chi connectivity index (χ3n) is 3.82. The van der Waals surface area contributed by atoms with Crippen LogP contribution in [0.2, 0.25) is 0 Å². The van der Waals surface area contributed by atoms with Gasteiger partial charge in [0.1, 0.15) is 17.2 Å². The van der Waals surface area contributed by atoms with Gasteiger partial charge in [0.2, 0.25) is 5.88 Å². The van der Waals surface area contributed by atoms with Gasteiger partial charge in [0.05, 0.1) is 17.3 Å². The summed E-state index contributed by atoms with van der Waals surface area (Å²) in [5, 5.41) is 0. The summed E-state index contributed by atoms with van der Waals surface area (Å²) >= 11 is 0. The molecule has 0 unspecified atom stereocenters. The van der Waals surface area contributed by atoms with Crippen LogP contribution in [0.4, 0.5) is 0 Å². The molecule has 3 aromatic rings. The molecule has 0 aliphatic heterocycles. The van der Waals surface area contributed by atoms with E-state index in [2.05, 4.69) is 4.98 Å². The first-order chi connectivity index (χ1) is 15.3. The van der Waals surface area contributed by atoms with Crippen molar-refractivity contribution in [1.82, 2.24) is 4.98 Å². The molecular formula is C23H17NO8. The van der Waals surface area contributed by atoms with Gasteiger partial charge in [-0.2, -0.15) is 0 Å². The SMILES string of the molecule is CC(=O)Oc1ccc(C(=O)Oc2ccc(OC(=O)c3ccc(OC(C)=O)cc3)nc2)cc1. The molecule has 0 spiro atoms. The van der Waals surface area contributed by atoms with E-state index in [-0.39, 0.29) is 22.8 Å². The molecule has 0 amide bonds. The fraction of sp³-hybridized carbons (Fsp3) is 0.0870. The molecule has 0 aliphatic carbocycles. The summed E-state index contributed by atoms with van der Waals surface area (Å²) in [5.74, 6) is -1.48. The number of rotatable bonds is 6. The highest BCUT2D eigenvalue weighted by Gasteiger charge is 2.12. The predicted molar refractivity (Wildman–Crippen MR) is 110 cm³/mol. The van der Waals surface area contributed by atoms with Crippen molar-refractivity contribution >= 4 is 23.9 Å². The smallest absolute Gasteiger partial charge is 0.344 e. The Labute approximate surface area is 182 Å². The lowest BCUT2D eigenvalue weighted by Gasteiger charge is -2.07. The molecule has 3 rings (SSSR count). The first kappa shape index (κ1) is 22.2. The molecule has 0 saturated carbocycles. The molecule has 0 bridgehead atoms. The van der Waals surface area contributed by atoms with Gasteiger partial charge in [0.25, 0.3) is 0 Å². The highest BCUT2D eigenvalue weighted by atomic mass is 16.6. The van der Waals surface area contributed by atoms with Crippen LogP contribution in [0.5, 0.6) is 23.1 Å². The second-order valence-corrected chi connectivity index (χ2v) is 6.35. The Kier molecular flexibility index (Phi) is 6.92. The fourth-order valence-electron chi connectivity index (χ4n) is 2.46. The quantitative estimate of drug-likeness (QED) is 0.424. The molecule has 9 heteroatoms. The van der Waals surface area contributed by atoms with Crippen LogP contribution >= 0.6 is 0 Å². The maximum absolute atomic E-state index is 12.2. The number of esters is 4. The average molecular weight is 435 g/mol. The van der Waals surface area contributed by atoms with Gasteiger partial charge in [-0.05, 0) is 54.6 Å². The van der Waals surface area contributed by atoms with Crippen LogP contribution in [0.3, 0.4) is 0 Å². The minimum atomic E-state index is -0.663. The zero-order valence-corrected chi connectivity index (χ0v) is 17.1. The Balaban J connectivity index is 1.57. The van der Waals surface area contributed by atoms with Crippen LogP contribution in [-0.2, 0) is 9.59 Å². The minimum Gasteiger partial charge on any atom is -0.427 e. The standard InChI is InChI=1S/C23H17NO8/c1-14(25)29-18-7-3-16(4-8-18)22(27)31-20-11-12-21(24-13-20)32-23(28)17-5-9-19(10-6-17)30-15(2)26/h3-13H,1-2H3. The molecule has 1 heterocycles. The van der Waals surface area contributed by atoms with Crippen molar-refractivity contribution in [1.29, 1.82) is 0 Å². The first-order valence-corrected chi connectivity index (χ1v) is 9.27. The topological polar surface area (TPSA) is 118 Å². The third-order valence-corrected chi connectivity index (χ3v) is 3.82. The molecule has 0 saturated heterocycles. The van der Waals surface area contributed by atoms with E-state index in [0.29, 0.717) is 11.5 Å². The van der Waals surface area contributed by atoms with E-state index in [1.54, 1.807) is 0 Å². The summed E-state index contributed by atoms with van der Waals surface area (Å²) in [4.78, 5) is 50.2. The maximum atomic E-state index is 12.2. The van der Waals surface area contributed by atoms with Crippen molar-refractivity contribution in [2.45, 2.75) is 13.8 Å². The molecule has 0 radical (unpaired) electrons. The van der Waals surface area contributed by atoms with Crippen LogP contribution in [0.15, 0.2) is 66.9 Å². The molecular weight excluding hydrogens is 418 g/mol. The van der Waals surface area contributed by atoms with Gasteiger partial charge in [-0.15, -0.1) is 0 Å². The lowest BCUT2D eigenvalue weighted by molar-refractivity contribution is -0.132. The Morgan fingerprint density at radius 1 is 0.562 bits per heavy atom. The normalized spacial score (nSPS) is 10.1. The molecule has 1 aromatic heterocycles. The summed E-state index contributed by atoms with van der Waals surface area (Å²) in [7, 11) is 0. The first-order valence-electron chi connectivity index (χ1n) is 9.27. The van der Waals surface area contributed by atoms with Crippen molar-refractivity contribution in [3.63, 3.8) is 0 Å². The van der Waals surface area contributed by atoms with Crippen LogP contribution < -0.4 is 18.9 Å². The molecule has 2 aromatic carbocycles. The average Bonchev–Trinajstić information content (AvgIpc) is 2.75. The summed E-state index contributed by atoms with van der Waals surface area (Å²) < 4.78 is 20.2. The van der Waals surface area contributed by atoms with E-state index in [4.69, 9.17) is 18.9 Å². The highest BCUT2D eigenvalue weighted by Crippen LogP contribution is 2.19. The van der Waals surface area contributed by atoms with E-state index in [0.717, 1.165) is 0 Å². The molecule has 32 heavy (non-hydrogen) atoms. The third kappa shape index (κ3) is 6.23. The maximum Gasteiger partial charge on any atom is 0.344 e. The summed E-state index contributed by atoms with van der Waals surface area (Å²) in [6.45, 7) is 2.55. The van der Waals surface area contributed by atoms with E-state index in [9.17, 15) is 19.2 Å². The number of hydrogen-bond acceptors (Lipinski definition) is 9. The Hall–Kier alpha value is -4.53. The summed E-state index contributed by atoms with van der Waals surface area (Å²) in [6, 6.07) is 14.5. The van der Waals surface area contributed by atoms with Crippen LogP contribution in [0, 0.1) is 0 Å². The predicted octanol–water partition coefficient (Wildman–Crippen LogP) is 3.37. The fourth-order valence-corrected chi connectivity index (χ4v) is 2.46. The van der Waals surface area contributed by atoms with Gasteiger partial charge in [-0.1, -0.05) is 0 Å². The van der Waals surface area contributed by atoms with Crippen LogP contribution in [0.25, 0.3) is 0 Å². The number of pyridine rings is 1. The Morgan fingerprint density at radius 3 is 1.41 bits per heavy atom. The van der Waals surface area contributed by atoms with E-state index in [1.165, 1.54) is 80.7 Å². The van der Waals surface area contributed by atoms with Crippen molar-refractivity contribution in [3.05, 3.63) is 78.0 Å². The van der Waals surface area contributed by atoms with E-state index in [1.807, 2.05) is 0 Å². The van der Waals surface area contributed by atoms with Gasteiger partial charge in [-0.3, -0.25) is 9.59 Å². The highest BCUT2D eigenvalue weighted by molar-refractivity contribution is 5.92. The molecule has 9 nitrogen and oxygen atoms in total. The number of hydrogen-bond donors (Lipinski definition) is 0. The van der Waals surface area contributed by atoms with Gasteiger partial charge >= 0.3 is 23.9 Å². The molecule has 0 N–H and O–H groups in total. The number of nitrogens with zero attached hydrogens (tertiary/aromatic N) is 1. The van der Waals surface area contributed by atoms with Gasteiger partial charge < -0.3 is 18.9 Å². The molecule has 0 aliphatic rings. The van der Waals surface area contributed by atoms with Crippen molar-refractivity contribution < 1.29 is 38.1 Å². The van der Waals surface area contributed by atoms with Crippen LogP contribution in [0.1, 0.15) is 34.6 Å². The zero-order chi connectivity index (χ0) is 23.1. The second kappa shape index (κ2) is 9.98. The molecule has 162 valence electrons. The molecule has 0 fully saturated rings. The number of benzene rings is 2. The largest absolute Gasteiger partial charge is 0.427 e. The summed E-state index contributed by atoms with van der Waals surface area (Å²) in [6.07, 6.45) is 1.23. The zero-order valence-electron chi connectivity index (χ0n) is 17.1. The second-order valence-electron chi connectivity index (χ2n) is 6.35. The van der Waals surface area contributed by atoms with Gasteiger partial charge in [-0.25, -0.2) is 14.6 Å². The number of carbonyl (C=O) groups excluding carboxylic acids is 4.